The third kappa shape index (κ3) is 3.80. The topological polar surface area (TPSA) is 26.3 Å². The molecule has 1 aliphatic rings. The van der Waals surface area contributed by atoms with Crippen LogP contribution in [0.15, 0.2) is 11.6 Å². The van der Waals surface area contributed by atoms with Crippen molar-refractivity contribution in [1.82, 2.24) is 0 Å². The first-order valence-electron chi connectivity index (χ1n) is 6.84. The zero-order valence-corrected chi connectivity index (χ0v) is 12.7. The van der Waals surface area contributed by atoms with E-state index in [-0.39, 0.29) is 0 Å². The quantitative estimate of drug-likeness (QED) is 0.410. The minimum Gasteiger partial charge on any atom is -0.455 e. The van der Waals surface area contributed by atoms with Crippen molar-refractivity contribution in [2.75, 3.05) is 0 Å². The maximum Gasteiger partial charge on any atom is 0.460 e. The van der Waals surface area contributed by atoms with Gasteiger partial charge in [-0.25, -0.2) is 4.79 Å². The van der Waals surface area contributed by atoms with Crippen LogP contribution in [0.5, 0.6) is 0 Å². The highest BCUT2D eigenvalue weighted by Gasteiger charge is 2.77. The van der Waals surface area contributed by atoms with Gasteiger partial charge in [0.15, 0.2) is 0 Å². The molecule has 0 radical (unpaired) electrons. The van der Waals surface area contributed by atoms with E-state index in [0.717, 1.165) is 5.57 Å². The molecular formula is C14H17F7O2. The predicted octanol–water partition coefficient (Wildman–Crippen LogP) is 4.89. The number of halogens is 7. The highest BCUT2D eigenvalue weighted by molar-refractivity contribution is 5.79. The van der Waals surface area contributed by atoms with Gasteiger partial charge < -0.3 is 4.74 Å². The summed E-state index contributed by atoms with van der Waals surface area (Å²) in [6.07, 6.45) is -3.38. The number of hydrogen-bond donors (Lipinski definition) is 0. The number of allylic oxidation sites excluding steroid dienone is 2. The lowest BCUT2D eigenvalue weighted by Gasteiger charge is -2.37. The largest absolute Gasteiger partial charge is 0.460 e. The molecule has 0 aromatic heterocycles. The molecule has 1 atom stereocenters. The molecule has 0 saturated heterocycles. The number of esters is 1. The second-order valence-corrected chi connectivity index (χ2v) is 6.16. The molecule has 0 saturated carbocycles. The summed E-state index contributed by atoms with van der Waals surface area (Å²) < 4.78 is 92.9. The van der Waals surface area contributed by atoms with E-state index in [0.29, 0.717) is 19.3 Å². The van der Waals surface area contributed by atoms with Crippen LogP contribution in [0.4, 0.5) is 30.7 Å². The smallest absolute Gasteiger partial charge is 0.455 e. The molecule has 0 amide bonds. The van der Waals surface area contributed by atoms with E-state index in [1.54, 1.807) is 6.08 Å². The Kier molecular flexibility index (Phi) is 5.14. The lowest BCUT2D eigenvalue weighted by atomic mass is 9.79. The summed E-state index contributed by atoms with van der Waals surface area (Å²) in [6.45, 7) is 4.27. The van der Waals surface area contributed by atoms with Crippen LogP contribution >= 0.6 is 0 Å². The number of carbonyl (C=O) groups is 1. The Labute approximate surface area is 128 Å². The second-order valence-electron chi connectivity index (χ2n) is 6.16. The van der Waals surface area contributed by atoms with Gasteiger partial charge >= 0.3 is 24.0 Å². The Hall–Kier alpha value is -1.28. The molecule has 0 spiro atoms. The normalized spacial score (nSPS) is 21.0. The molecule has 0 aromatic rings. The summed E-state index contributed by atoms with van der Waals surface area (Å²) in [5.41, 5.74) is -0.559. The Morgan fingerprint density at radius 2 is 1.65 bits per heavy atom. The van der Waals surface area contributed by atoms with Crippen molar-refractivity contribution in [2.45, 2.75) is 63.7 Å². The van der Waals surface area contributed by atoms with Crippen LogP contribution in [0.3, 0.4) is 0 Å². The van der Waals surface area contributed by atoms with Crippen molar-refractivity contribution in [3.8, 4) is 0 Å². The molecule has 134 valence electrons. The first-order valence-corrected chi connectivity index (χ1v) is 6.84. The molecule has 1 unspecified atom stereocenters. The monoisotopic (exact) mass is 350 g/mol. The van der Waals surface area contributed by atoms with Crippen LogP contribution in [-0.4, -0.2) is 29.6 Å². The Bertz CT molecular complexity index is 492. The minimum absolute atomic E-state index is 0.355. The number of alkyl halides is 7. The van der Waals surface area contributed by atoms with Gasteiger partial charge in [-0.05, 0) is 40.0 Å². The third-order valence-corrected chi connectivity index (χ3v) is 3.98. The van der Waals surface area contributed by atoms with Gasteiger partial charge in [0.05, 0.1) is 0 Å². The van der Waals surface area contributed by atoms with Gasteiger partial charge in [0.25, 0.3) is 0 Å². The van der Waals surface area contributed by atoms with Crippen molar-refractivity contribution in [3.63, 3.8) is 0 Å². The van der Waals surface area contributed by atoms with Gasteiger partial charge in [-0.2, -0.15) is 30.7 Å². The molecule has 0 N–H and O–H groups in total. The van der Waals surface area contributed by atoms with Crippen LogP contribution in [-0.2, 0) is 9.53 Å². The van der Waals surface area contributed by atoms with Gasteiger partial charge in [-0.3, -0.25) is 0 Å². The van der Waals surface area contributed by atoms with E-state index >= 15 is 0 Å². The number of rotatable bonds is 4. The molecule has 23 heavy (non-hydrogen) atoms. The summed E-state index contributed by atoms with van der Waals surface area (Å²) in [5.74, 6) is -15.8. The van der Waals surface area contributed by atoms with Crippen LogP contribution in [0.2, 0.25) is 0 Å². The van der Waals surface area contributed by atoms with E-state index in [9.17, 15) is 35.5 Å². The molecule has 9 heteroatoms. The van der Waals surface area contributed by atoms with Crippen LogP contribution in [0.25, 0.3) is 0 Å². The van der Waals surface area contributed by atoms with Gasteiger partial charge in [0.1, 0.15) is 5.60 Å². The average Bonchev–Trinajstić information content (AvgIpc) is 2.37. The first kappa shape index (κ1) is 19.8. The maximum atomic E-state index is 13.3. The number of hydrogen-bond acceptors (Lipinski definition) is 2. The lowest BCUT2D eigenvalue weighted by molar-refractivity contribution is -0.350. The van der Waals surface area contributed by atoms with Crippen molar-refractivity contribution in [2.24, 2.45) is 5.92 Å². The molecule has 2 nitrogen and oxygen atoms in total. The zero-order chi connectivity index (χ0) is 18.3. The molecule has 1 rings (SSSR count). The van der Waals surface area contributed by atoms with E-state index in [1.165, 1.54) is 13.8 Å². The van der Waals surface area contributed by atoms with Gasteiger partial charge in [-0.15, -0.1) is 0 Å². The third-order valence-electron chi connectivity index (χ3n) is 3.98. The summed E-state index contributed by atoms with van der Waals surface area (Å²) in [4.78, 5) is 11.3. The standard InChI is InChI=1S/C14H17F7O2/c1-8-4-6-9(7-5-8)11(2,3)23-10(22)12(15,16)13(17,18)14(19,20)21/h4,9H,5-7H2,1-3H3. The summed E-state index contributed by atoms with van der Waals surface area (Å²) in [6, 6.07) is 0. The van der Waals surface area contributed by atoms with Gasteiger partial charge in [0.2, 0.25) is 0 Å². The van der Waals surface area contributed by atoms with E-state index in [4.69, 9.17) is 0 Å². The highest BCUT2D eigenvalue weighted by Crippen LogP contribution is 2.48. The summed E-state index contributed by atoms with van der Waals surface area (Å²) in [7, 11) is 0. The molecule has 0 fully saturated rings. The molecule has 0 heterocycles. The lowest BCUT2D eigenvalue weighted by Crippen LogP contribution is -2.58. The first-order chi connectivity index (χ1) is 10.1. The maximum absolute atomic E-state index is 13.3. The number of carbonyl (C=O) groups excluding carboxylic acids is 1. The summed E-state index contributed by atoms with van der Waals surface area (Å²) >= 11 is 0. The highest BCUT2D eigenvalue weighted by atomic mass is 19.4. The predicted molar refractivity (Wildman–Crippen MR) is 67.2 cm³/mol. The Balaban J connectivity index is 2.93. The molecule has 0 bridgehead atoms. The summed E-state index contributed by atoms with van der Waals surface area (Å²) in [5, 5.41) is 0. The van der Waals surface area contributed by atoms with Crippen molar-refractivity contribution in [3.05, 3.63) is 11.6 Å². The van der Waals surface area contributed by atoms with Crippen LogP contribution in [0, 0.1) is 5.92 Å². The van der Waals surface area contributed by atoms with Gasteiger partial charge in [-0.1, -0.05) is 11.6 Å². The Morgan fingerprint density at radius 1 is 1.13 bits per heavy atom. The molecule has 0 aromatic carbocycles. The van der Waals surface area contributed by atoms with Gasteiger partial charge in [0, 0.05) is 5.92 Å². The van der Waals surface area contributed by atoms with E-state index in [1.807, 2.05) is 6.92 Å². The van der Waals surface area contributed by atoms with Crippen molar-refractivity contribution < 1.29 is 40.3 Å². The number of ether oxygens (including phenoxy) is 1. The molecule has 1 aliphatic carbocycles. The molecule has 0 aliphatic heterocycles. The molecular weight excluding hydrogens is 333 g/mol. The second kappa shape index (κ2) is 5.98. The average molecular weight is 350 g/mol. The van der Waals surface area contributed by atoms with Crippen molar-refractivity contribution in [1.29, 1.82) is 0 Å². The fourth-order valence-electron chi connectivity index (χ4n) is 2.29. The van der Waals surface area contributed by atoms with Crippen molar-refractivity contribution >= 4 is 5.97 Å². The fraction of sp³-hybridized carbons (Fsp3) is 0.786. The minimum atomic E-state index is -6.57. The van der Waals surface area contributed by atoms with Crippen LogP contribution in [0.1, 0.15) is 40.0 Å². The SMILES string of the molecule is CC1=CCC(C(C)(C)OC(=O)C(F)(F)C(F)(F)C(F)(F)F)CC1. The zero-order valence-electron chi connectivity index (χ0n) is 12.7. The van der Waals surface area contributed by atoms with Crippen LogP contribution < -0.4 is 0 Å². The van der Waals surface area contributed by atoms with E-state index < -0.39 is 35.5 Å². The fourth-order valence-corrected chi connectivity index (χ4v) is 2.29. The van der Waals surface area contributed by atoms with E-state index in [2.05, 4.69) is 4.74 Å². The Morgan fingerprint density at radius 3 is 2.04 bits per heavy atom.